The molecule has 2 aromatic heterocycles. The fourth-order valence-corrected chi connectivity index (χ4v) is 5.25. The highest BCUT2D eigenvalue weighted by atomic mass is 16.5. The van der Waals surface area contributed by atoms with Crippen molar-refractivity contribution in [2.45, 2.75) is 51.2 Å². The minimum atomic E-state index is -0.142. The second-order valence-electron chi connectivity index (χ2n) is 9.32. The van der Waals surface area contributed by atoms with Gasteiger partial charge >= 0.3 is 0 Å². The lowest BCUT2D eigenvalue weighted by atomic mass is 10.0. The number of nitrogens with two attached hydrogens (primary N) is 1. The second-order valence-corrected chi connectivity index (χ2v) is 9.32. The first-order valence-electron chi connectivity index (χ1n) is 11.8. The SMILES string of the molecule is CC1=C(/C=C(\N)CNC2CCN(CC3Cn4c(=O)ccc5ncc(=O)n3c54)CC2)CCCO1. The van der Waals surface area contributed by atoms with Gasteiger partial charge in [0.25, 0.3) is 11.1 Å². The first kappa shape index (κ1) is 21.9. The molecule has 33 heavy (non-hydrogen) atoms. The molecule has 3 N–H and O–H groups in total. The zero-order valence-electron chi connectivity index (χ0n) is 19.1. The fourth-order valence-electron chi connectivity index (χ4n) is 5.25. The molecule has 0 saturated carbocycles. The Morgan fingerprint density at radius 2 is 2.09 bits per heavy atom. The highest BCUT2D eigenvalue weighted by Crippen LogP contribution is 2.24. The van der Waals surface area contributed by atoms with Crippen LogP contribution in [-0.4, -0.2) is 57.8 Å². The Bertz CT molecular complexity index is 1210. The van der Waals surface area contributed by atoms with Gasteiger partial charge in [0, 0.05) is 37.4 Å². The minimum absolute atomic E-state index is 0.0459. The smallest absolute Gasteiger partial charge is 0.270 e. The molecule has 5 heterocycles. The van der Waals surface area contributed by atoms with Crippen LogP contribution in [0.15, 0.2) is 51.0 Å². The number of allylic oxidation sites excluding steroid dienone is 3. The van der Waals surface area contributed by atoms with Gasteiger partial charge in [0.1, 0.15) is 11.2 Å². The Balaban J connectivity index is 1.16. The van der Waals surface area contributed by atoms with Crippen LogP contribution in [0.2, 0.25) is 0 Å². The van der Waals surface area contributed by atoms with E-state index in [1.165, 1.54) is 17.8 Å². The summed E-state index contributed by atoms with van der Waals surface area (Å²) in [6.07, 6.45) is 7.54. The molecule has 1 unspecified atom stereocenters. The van der Waals surface area contributed by atoms with Gasteiger partial charge in [-0.25, -0.2) is 4.98 Å². The largest absolute Gasteiger partial charge is 0.498 e. The van der Waals surface area contributed by atoms with Gasteiger partial charge in [0.15, 0.2) is 0 Å². The lowest BCUT2D eigenvalue weighted by Gasteiger charge is -2.34. The third kappa shape index (κ3) is 4.47. The Morgan fingerprint density at radius 3 is 2.88 bits per heavy atom. The molecular formula is C24H32N6O3. The highest BCUT2D eigenvalue weighted by molar-refractivity contribution is 5.71. The first-order chi connectivity index (χ1) is 16.0. The molecule has 3 aliphatic heterocycles. The number of hydrogen-bond acceptors (Lipinski definition) is 7. The summed E-state index contributed by atoms with van der Waals surface area (Å²) in [5, 5.41) is 3.59. The van der Waals surface area contributed by atoms with Crippen LogP contribution < -0.4 is 22.2 Å². The van der Waals surface area contributed by atoms with Crippen molar-refractivity contribution in [1.29, 1.82) is 0 Å². The molecular weight excluding hydrogens is 420 g/mol. The highest BCUT2D eigenvalue weighted by Gasteiger charge is 2.29. The molecule has 1 atom stereocenters. The van der Waals surface area contributed by atoms with Crippen LogP contribution in [0.3, 0.4) is 0 Å². The molecule has 3 aliphatic rings. The predicted molar refractivity (Wildman–Crippen MR) is 127 cm³/mol. The first-order valence-corrected chi connectivity index (χ1v) is 11.8. The predicted octanol–water partition coefficient (Wildman–Crippen LogP) is 1.09. The summed E-state index contributed by atoms with van der Waals surface area (Å²) in [6.45, 7) is 6.65. The Morgan fingerprint density at radius 1 is 1.27 bits per heavy atom. The zero-order valence-corrected chi connectivity index (χ0v) is 19.1. The molecule has 0 spiro atoms. The Hall–Kier alpha value is -2.91. The molecule has 0 bridgehead atoms. The molecule has 9 nitrogen and oxygen atoms in total. The van der Waals surface area contributed by atoms with E-state index in [1.54, 1.807) is 15.2 Å². The van der Waals surface area contributed by atoms with Crippen molar-refractivity contribution in [3.8, 4) is 0 Å². The van der Waals surface area contributed by atoms with E-state index in [0.717, 1.165) is 63.4 Å². The Labute approximate surface area is 192 Å². The maximum Gasteiger partial charge on any atom is 0.270 e. The molecule has 5 rings (SSSR count). The van der Waals surface area contributed by atoms with Crippen molar-refractivity contribution in [3.05, 3.63) is 62.1 Å². The van der Waals surface area contributed by atoms with E-state index in [4.69, 9.17) is 10.5 Å². The maximum atomic E-state index is 12.6. The van der Waals surface area contributed by atoms with Crippen LogP contribution in [0.25, 0.3) is 11.2 Å². The number of ether oxygens (including phenoxy) is 1. The number of nitrogens with one attached hydrogen (secondary N) is 1. The standard InChI is InChI=1S/C24H32N6O3/c1-16-17(3-2-10-33-16)11-18(25)12-26-19-6-8-28(9-7-19)14-20-15-29-22(31)5-4-21-24(29)30(20)23(32)13-27-21/h4-5,11,13,19-20,26H,2-3,6-10,12,14-15,25H2,1H3/b18-11-. The third-order valence-electron chi connectivity index (χ3n) is 7.04. The van der Waals surface area contributed by atoms with Crippen LogP contribution in [0.1, 0.15) is 38.6 Å². The molecule has 9 heteroatoms. The maximum absolute atomic E-state index is 12.6. The van der Waals surface area contributed by atoms with Crippen molar-refractivity contribution in [1.82, 2.24) is 24.3 Å². The second kappa shape index (κ2) is 9.15. The zero-order chi connectivity index (χ0) is 22.9. The van der Waals surface area contributed by atoms with E-state index >= 15 is 0 Å². The topological polar surface area (TPSA) is 107 Å². The van der Waals surface area contributed by atoms with E-state index in [0.29, 0.717) is 30.3 Å². The van der Waals surface area contributed by atoms with Crippen LogP contribution >= 0.6 is 0 Å². The summed E-state index contributed by atoms with van der Waals surface area (Å²) in [5.41, 5.74) is 9.42. The van der Waals surface area contributed by atoms with Crippen LogP contribution in [0, 0.1) is 0 Å². The summed E-state index contributed by atoms with van der Waals surface area (Å²) < 4.78 is 9.06. The number of aromatic nitrogens is 3. The summed E-state index contributed by atoms with van der Waals surface area (Å²) in [5.74, 6) is 0.986. The average molecular weight is 453 g/mol. The van der Waals surface area contributed by atoms with E-state index in [9.17, 15) is 9.59 Å². The molecule has 0 amide bonds. The van der Waals surface area contributed by atoms with Crippen molar-refractivity contribution >= 4 is 11.2 Å². The number of piperidine rings is 1. The van der Waals surface area contributed by atoms with E-state index in [-0.39, 0.29) is 17.2 Å². The molecule has 0 radical (unpaired) electrons. The van der Waals surface area contributed by atoms with Crippen LogP contribution in [0.4, 0.5) is 0 Å². The van der Waals surface area contributed by atoms with Gasteiger partial charge in [0.2, 0.25) is 0 Å². The van der Waals surface area contributed by atoms with E-state index in [1.807, 2.05) is 6.92 Å². The van der Waals surface area contributed by atoms with Crippen molar-refractivity contribution in [2.24, 2.45) is 5.73 Å². The fraction of sp³-hybridized carbons (Fsp3) is 0.542. The monoisotopic (exact) mass is 452 g/mol. The number of rotatable bonds is 6. The molecule has 0 aromatic carbocycles. The minimum Gasteiger partial charge on any atom is -0.498 e. The molecule has 176 valence electrons. The Kier molecular flexibility index (Phi) is 6.07. The van der Waals surface area contributed by atoms with Gasteiger partial charge < -0.3 is 20.7 Å². The quantitative estimate of drug-likeness (QED) is 0.676. The molecule has 1 saturated heterocycles. The van der Waals surface area contributed by atoms with Crippen molar-refractivity contribution in [2.75, 3.05) is 32.8 Å². The van der Waals surface area contributed by atoms with Gasteiger partial charge in [-0.05, 0) is 63.4 Å². The van der Waals surface area contributed by atoms with Gasteiger partial charge in [0.05, 0.1) is 24.6 Å². The third-order valence-corrected chi connectivity index (χ3v) is 7.04. The number of likely N-dealkylation sites (tertiary alicyclic amines) is 1. The van der Waals surface area contributed by atoms with Gasteiger partial charge in [-0.2, -0.15) is 0 Å². The lowest BCUT2D eigenvalue weighted by molar-refractivity contribution is 0.173. The molecule has 2 aromatic rings. The lowest BCUT2D eigenvalue weighted by Crippen LogP contribution is -2.45. The van der Waals surface area contributed by atoms with Gasteiger partial charge in [-0.15, -0.1) is 0 Å². The molecule has 0 aliphatic carbocycles. The van der Waals surface area contributed by atoms with E-state index in [2.05, 4.69) is 21.3 Å². The number of nitrogens with zero attached hydrogens (tertiary/aromatic N) is 4. The van der Waals surface area contributed by atoms with Crippen molar-refractivity contribution in [3.63, 3.8) is 0 Å². The summed E-state index contributed by atoms with van der Waals surface area (Å²) in [7, 11) is 0. The van der Waals surface area contributed by atoms with E-state index < -0.39 is 0 Å². The number of hydrogen-bond donors (Lipinski definition) is 2. The summed E-state index contributed by atoms with van der Waals surface area (Å²) >= 11 is 0. The van der Waals surface area contributed by atoms with Crippen LogP contribution in [-0.2, 0) is 11.3 Å². The van der Waals surface area contributed by atoms with Gasteiger partial charge in [-0.3, -0.25) is 18.7 Å². The normalized spacial score (nSPS) is 22.2. The number of pyridine rings is 1. The average Bonchev–Trinajstić information content (AvgIpc) is 3.20. The van der Waals surface area contributed by atoms with Crippen molar-refractivity contribution < 1.29 is 4.74 Å². The van der Waals surface area contributed by atoms with Gasteiger partial charge in [-0.1, -0.05) is 0 Å². The summed E-state index contributed by atoms with van der Waals surface area (Å²) in [4.78, 5) is 31.5. The van der Waals surface area contributed by atoms with Crippen LogP contribution in [0.5, 0.6) is 0 Å². The molecule has 1 fully saturated rings. The summed E-state index contributed by atoms with van der Waals surface area (Å²) in [6, 6.07) is 3.60.